The highest BCUT2D eigenvalue weighted by atomic mass is 32.2. The molecule has 0 radical (unpaired) electrons. The fraction of sp³-hybridized carbons (Fsp3) is 0.366. The molecular formula is C41H50F2N6O9S2. The van der Waals surface area contributed by atoms with Gasteiger partial charge in [-0.25, -0.2) is 54.2 Å². The van der Waals surface area contributed by atoms with Crippen molar-refractivity contribution in [2.75, 3.05) is 35.2 Å². The fourth-order valence-electron chi connectivity index (χ4n) is 5.42. The molecule has 0 unspecified atom stereocenters. The van der Waals surface area contributed by atoms with Crippen molar-refractivity contribution in [3.63, 3.8) is 0 Å². The third-order valence-corrected chi connectivity index (χ3v) is 11.0. The van der Waals surface area contributed by atoms with Gasteiger partial charge in [0, 0.05) is 42.8 Å². The molecule has 2 atom stereocenters. The minimum Gasteiger partial charge on any atom is -0.481 e. The number of carboxylic acids is 1. The summed E-state index contributed by atoms with van der Waals surface area (Å²) in [4.78, 5) is 39.7. The number of hydrogen-bond donors (Lipinski definition) is 3. The summed E-state index contributed by atoms with van der Waals surface area (Å²) in [6.07, 6.45) is 5.25. The van der Waals surface area contributed by atoms with Gasteiger partial charge in [0.25, 0.3) is 0 Å². The molecule has 2 heterocycles. The highest BCUT2D eigenvalue weighted by Gasteiger charge is 2.24. The largest absolute Gasteiger partial charge is 0.481 e. The van der Waals surface area contributed by atoms with Gasteiger partial charge in [0.2, 0.25) is 31.9 Å². The van der Waals surface area contributed by atoms with Gasteiger partial charge in [-0.2, -0.15) is 0 Å². The van der Waals surface area contributed by atoms with E-state index in [1.54, 1.807) is 6.08 Å². The van der Waals surface area contributed by atoms with E-state index in [-0.39, 0.29) is 35.9 Å². The van der Waals surface area contributed by atoms with Crippen LogP contribution >= 0.6 is 0 Å². The summed E-state index contributed by atoms with van der Waals surface area (Å²) < 4.78 is 76.9. The Hall–Kier alpha value is -5.50. The second kappa shape index (κ2) is 20.7. The van der Waals surface area contributed by atoms with E-state index in [1.165, 1.54) is 87.8 Å². The molecule has 0 fully saturated rings. The van der Waals surface area contributed by atoms with Crippen LogP contribution in [0.25, 0.3) is 34.7 Å². The minimum absolute atomic E-state index is 0.0121. The number of rotatable bonds is 16. The molecule has 2 aromatic carbocycles. The number of aliphatic carboxylic acids is 1. The van der Waals surface area contributed by atoms with Gasteiger partial charge in [-0.1, -0.05) is 52.0 Å². The van der Waals surface area contributed by atoms with Crippen molar-refractivity contribution >= 4 is 55.8 Å². The highest BCUT2D eigenvalue weighted by molar-refractivity contribution is 7.92. The number of aliphatic hydroxyl groups excluding tert-OH is 2. The lowest BCUT2D eigenvalue weighted by molar-refractivity contribution is -0.138. The Balaban J connectivity index is 0.000000320. The SMILES string of the molecule is CC(=O)C[C@@H](O)/C=C/c1c(-c2ccc(F)cc2)nc(N(C)S(C)(=O)=O)nc1C(C)C.CC(C)c1nc(N(C)S(C)(=O)=O)nc(-c2ccc(F)cc2)c1/C=C/[C@@H](O)CC(=O)O. The highest BCUT2D eigenvalue weighted by Crippen LogP contribution is 2.33. The predicted octanol–water partition coefficient (Wildman–Crippen LogP) is 5.81. The number of sulfonamides is 2. The Kier molecular flexibility index (Phi) is 16.8. The van der Waals surface area contributed by atoms with E-state index in [1.807, 2.05) is 27.7 Å². The minimum atomic E-state index is -3.63. The number of ketones is 1. The Labute approximate surface area is 349 Å². The van der Waals surface area contributed by atoms with Crippen molar-refractivity contribution in [2.24, 2.45) is 0 Å². The van der Waals surface area contributed by atoms with E-state index < -0.39 is 56.3 Å². The van der Waals surface area contributed by atoms with Crippen LogP contribution in [0.4, 0.5) is 20.7 Å². The second-order valence-electron chi connectivity index (χ2n) is 14.5. The van der Waals surface area contributed by atoms with Crippen molar-refractivity contribution < 1.29 is 50.5 Å². The number of carbonyl (C=O) groups excluding carboxylic acids is 1. The molecule has 0 bridgehead atoms. The molecule has 0 aliphatic rings. The quantitative estimate of drug-likeness (QED) is 0.121. The molecule has 0 saturated carbocycles. The molecule has 60 heavy (non-hydrogen) atoms. The summed E-state index contributed by atoms with van der Waals surface area (Å²) in [5.74, 6) is -2.50. The number of carboxylic acid groups (broad SMARTS) is 1. The van der Waals surface area contributed by atoms with Crippen LogP contribution in [-0.2, 0) is 29.6 Å². The molecule has 324 valence electrons. The summed E-state index contributed by atoms with van der Waals surface area (Å²) in [6.45, 7) is 8.88. The molecule has 4 rings (SSSR count). The Bertz CT molecular complexity index is 2270. The number of hydrogen-bond acceptors (Lipinski definition) is 12. The zero-order valence-electron chi connectivity index (χ0n) is 34.7. The van der Waals surface area contributed by atoms with Gasteiger partial charge in [-0.3, -0.25) is 9.59 Å². The normalized spacial score (nSPS) is 13.1. The first-order chi connectivity index (χ1) is 27.8. The molecule has 0 spiro atoms. The fourth-order valence-corrected chi connectivity index (χ4v) is 6.17. The van der Waals surface area contributed by atoms with E-state index in [0.29, 0.717) is 45.0 Å². The molecule has 4 aromatic rings. The van der Waals surface area contributed by atoms with Gasteiger partial charge >= 0.3 is 5.97 Å². The van der Waals surface area contributed by atoms with E-state index in [0.717, 1.165) is 21.1 Å². The topological polar surface area (TPSA) is 221 Å². The number of carbonyl (C=O) groups is 2. The first-order valence-corrected chi connectivity index (χ1v) is 22.2. The lowest BCUT2D eigenvalue weighted by Gasteiger charge is -2.20. The van der Waals surface area contributed by atoms with E-state index in [2.05, 4.69) is 19.9 Å². The van der Waals surface area contributed by atoms with Gasteiger partial charge in [-0.15, -0.1) is 0 Å². The summed E-state index contributed by atoms with van der Waals surface area (Å²) in [6, 6.07) is 11.1. The van der Waals surface area contributed by atoms with Crippen molar-refractivity contribution in [3.8, 4) is 22.5 Å². The molecule has 2 aromatic heterocycles. The Morgan fingerprint density at radius 1 is 0.650 bits per heavy atom. The average Bonchev–Trinajstić information content (AvgIpc) is 3.14. The molecule has 3 N–H and O–H groups in total. The van der Waals surface area contributed by atoms with E-state index in [9.17, 15) is 45.4 Å². The maximum Gasteiger partial charge on any atom is 0.306 e. The Morgan fingerprint density at radius 3 is 1.27 bits per heavy atom. The van der Waals surface area contributed by atoms with E-state index >= 15 is 0 Å². The average molecular weight is 873 g/mol. The third kappa shape index (κ3) is 13.8. The van der Waals surface area contributed by atoms with Crippen LogP contribution in [0.3, 0.4) is 0 Å². The first kappa shape index (κ1) is 48.9. The standard InChI is InChI=1S/C21H26FN3O4S.C20H24FN3O5S/c1-13(2)19-18(11-10-17(27)12-14(3)26)20(15-6-8-16(22)9-7-15)24-21(23-19)25(4)30(5,28)29;1-12(2)18-16(10-9-15(25)11-17(26)27)19(13-5-7-14(21)8-6-13)23-20(22-18)24(3)30(4,28)29/h6-11,13,17,27H,12H2,1-5H3;5-10,12,15,25H,11H2,1-4H3,(H,26,27)/b11-10+;10-9+/t17-;15-/m01/s1. The number of aromatic nitrogens is 4. The number of Topliss-reactive ketones (excluding diaryl/α,β-unsaturated/α-hetero) is 1. The van der Waals surface area contributed by atoms with Crippen LogP contribution in [0.1, 0.15) is 81.8 Å². The molecule has 0 aliphatic heterocycles. The van der Waals surface area contributed by atoms with Gasteiger partial charge < -0.3 is 15.3 Å². The summed E-state index contributed by atoms with van der Waals surface area (Å²) in [5.41, 5.74) is 3.88. The van der Waals surface area contributed by atoms with Crippen LogP contribution in [0, 0.1) is 11.6 Å². The molecule has 0 aliphatic carbocycles. The molecule has 0 amide bonds. The third-order valence-electron chi connectivity index (χ3n) is 8.66. The van der Waals surface area contributed by atoms with E-state index in [4.69, 9.17) is 5.11 Å². The van der Waals surface area contributed by atoms with Crippen LogP contribution in [-0.4, -0.2) is 103 Å². The summed E-state index contributed by atoms with van der Waals surface area (Å²) in [7, 11) is -4.55. The summed E-state index contributed by atoms with van der Waals surface area (Å²) >= 11 is 0. The lowest BCUT2D eigenvalue weighted by atomic mass is 9.97. The Morgan fingerprint density at radius 2 is 0.983 bits per heavy atom. The monoisotopic (exact) mass is 872 g/mol. The van der Waals surface area contributed by atoms with Crippen LogP contribution < -0.4 is 8.61 Å². The van der Waals surface area contributed by atoms with Crippen LogP contribution in [0.15, 0.2) is 60.7 Å². The first-order valence-electron chi connectivity index (χ1n) is 18.5. The van der Waals surface area contributed by atoms with Crippen LogP contribution in [0.2, 0.25) is 0 Å². The zero-order chi connectivity index (χ0) is 45.3. The molecule has 15 nitrogen and oxygen atoms in total. The van der Waals surface area contributed by atoms with Crippen molar-refractivity contribution in [3.05, 3.63) is 94.8 Å². The number of aliphatic hydroxyl groups is 2. The second-order valence-corrected chi connectivity index (χ2v) is 18.5. The number of benzene rings is 2. The number of halogens is 2. The zero-order valence-corrected chi connectivity index (χ0v) is 36.3. The van der Waals surface area contributed by atoms with Gasteiger partial charge in [0.15, 0.2) is 0 Å². The van der Waals surface area contributed by atoms with Crippen molar-refractivity contribution in [1.29, 1.82) is 0 Å². The predicted molar refractivity (Wildman–Crippen MR) is 227 cm³/mol. The molecule has 19 heteroatoms. The molecular weight excluding hydrogens is 823 g/mol. The number of anilines is 2. The van der Waals surface area contributed by atoms with Gasteiger partial charge in [0.1, 0.15) is 17.4 Å². The van der Waals surface area contributed by atoms with Gasteiger partial charge in [0.05, 0.1) is 53.9 Å². The maximum atomic E-state index is 13.5. The van der Waals surface area contributed by atoms with Gasteiger partial charge in [-0.05, 0) is 67.3 Å². The maximum absolute atomic E-state index is 13.5. The van der Waals surface area contributed by atoms with Crippen molar-refractivity contribution in [1.82, 2.24) is 19.9 Å². The van der Waals surface area contributed by atoms with Crippen molar-refractivity contribution in [2.45, 2.75) is 71.5 Å². The number of nitrogens with zero attached hydrogens (tertiary/aromatic N) is 6. The lowest BCUT2D eigenvalue weighted by Crippen LogP contribution is -2.27. The summed E-state index contributed by atoms with van der Waals surface area (Å²) in [5, 5.41) is 28.8. The molecule has 0 saturated heterocycles. The van der Waals surface area contributed by atoms with Crippen LogP contribution in [0.5, 0.6) is 0 Å². The smallest absolute Gasteiger partial charge is 0.306 e.